The van der Waals surface area contributed by atoms with E-state index in [9.17, 15) is 18.0 Å². The van der Waals surface area contributed by atoms with Crippen molar-refractivity contribution in [3.8, 4) is 0 Å². The Morgan fingerprint density at radius 2 is 1.87 bits per heavy atom. The lowest BCUT2D eigenvalue weighted by Crippen LogP contribution is -2.36. The van der Waals surface area contributed by atoms with E-state index in [1.54, 1.807) is 24.4 Å². The molecule has 0 saturated carbocycles. The quantitative estimate of drug-likeness (QED) is 0.671. The molecule has 1 fully saturated rings. The smallest absolute Gasteiger partial charge is 0.253 e. The zero-order valence-corrected chi connectivity index (χ0v) is 18.5. The van der Waals surface area contributed by atoms with Gasteiger partial charge in [0.1, 0.15) is 0 Å². The second kappa shape index (κ2) is 9.88. The van der Waals surface area contributed by atoms with E-state index in [1.807, 2.05) is 0 Å². The van der Waals surface area contributed by atoms with E-state index in [1.165, 1.54) is 32.4 Å². The summed E-state index contributed by atoms with van der Waals surface area (Å²) in [5.74, 6) is -0.907. The van der Waals surface area contributed by atoms with Crippen molar-refractivity contribution in [2.45, 2.75) is 24.2 Å². The van der Waals surface area contributed by atoms with Crippen molar-refractivity contribution in [2.24, 2.45) is 0 Å². The Bertz CT molecular complexity index is 1030. The van der Waals surface area contributed by atoms with E-state index in [0.29, 0.717) is 11.4 Å². The second-order valence-corrected chi connectivity index (χ2v) is 9.64. The van der Waals surface area contributed by atoms with Crippen molar-refractivity contribution in [2.75, 3.05) is 43.9 Å². The SMILES string of the molecule is CN(C)S(=O)(=O)c1ccc(N2CCCCC2)c(C(=O)NCC(=O)Nc2cccnc2)c1. The number of pyridine rings is 1. The molecule has 2 N–H and O–H groups in total. The van der Waals surface area contributed by atoms with Gasteiger partial charge in [-0.1, -0.05) is 0 Å². The zero-order chi connectivity index (χ0) is 22.4. The number of piperidine rings is 1. The Labute approximate surface area is 182 Å². The molecule has 1 aromatic carbocycles. The summed E-state index contributed by atoms with van der Waals surface area (Å²) < 4.78 is 26.3. The number of sulfonamides is 1. The number of rotatable bonds is 7. The van der Waals surface area contributed by atoms with Crippen LogP contribution in [0.1, 0.15) is 29.6 Å². The molecular weight excluding hydrogens is 418 g/mol. The summed E-state index contributed by atoms with van der Waals surface area (Å²) in [5.41, 5.74) is 1.43. The van der Waals surface area contributed by atoms with Crippen LogP contribution in [0.15, 0.2) is 47.6 Å². The van der Waals surface area contributed by atoms with Gasteiger partial charge in [0, 0.05) is 39.1 Å². The van der Waals surface area contributed by atoms with Crippen LogP contribution in [0.3, 0.4) is 0 Å². The Hall–Kier alpha value is -2.98. The first-order valence-electron chi connectivity index (χ1n) is 10.1. The van der Waals surface area contributed by atoms with E-state index >= 15 is 0 Å². The van der Waals surface area contributed by atoms with Crippen LogP contribution in [0, 0.1) is 0 Å². The molecular formula is C21H27N5O4S. The van der Waals surface area contributed by atoms with Crippen LogP contribution in [-0.4, -0.2) is 63.3 Å². The number of carbonyl (C=O) groups excluding carboxylic acids is 2. The lowest BCUT2D eigenvalue weighted by atomic mass is 10.1. The van der Waals surface area contributed by atoms with Gasteiger partial charge in [0.25, 0.3) is 5.91 Å². The van der Waals surface area contributed by atoms with E-state index < -0.39 is 21.8 Å². The highest BCUT2D eigenvalue weighted by Gasteiger charge is 2.24. The standard InChI is InChI=1S/C21H27N5O4S/c1-25(2)31(29,30)17-8-9-19(26-11-4-3-5-12-26)18(13-17)21(28)23-15-20(27)24-16-7-6-10-22-14-16/h6-10,13-14H,3-5,11-12,15H2,1-2H3,(H,23,28)(H,24,27). The molecule has 1 aromatic heterocycles. The van der Waals surface area contributed by atoms with Crippen molar-refractivity contribution in [1.29, 1.82) is 0 Å². The van der Waals surface area contributed by atoms with E-state index in [4.69, 9.17) is 0 Å². The molecule has 0 unspecified atom stereocenters. The van der Waals surface area contributed by atoms with Gasteiger partial charge in [-0.05, 0) is 49.6 Å². The number of aromatic nitrogens is 1. The predicted molar refractivity (Wildman–Crippen MR) is 119 cm³/mol. The Balaban J connectivity index is 1.81. The molecule has 9 nitrogen and oxygen atoms in total. The average Bonchev–Trinajstić information content (AvgIpc) is 2.78. The number of amides is 2. The molecule has 1 saturated heterocycles. The van der Waals surface area contributed by atoms with E-state index in [0.717, 1.165) is 36.7 Å². The van der Waals surface area contributed by atoms with Crippen molar-refractivity contribution >= 4 is 33.2 Å². The van der Waals surface area contributed by atoms with Crippen LogP contribution in [0.5, 0.6) is 0 Å². The summed E-state index contributed by atoms with van der Waals surface area (Å²) in [7, 11) is -0.822. The van der Waals surface area contributed by atoms with Crippen molar-refractivity contribution in [3.63, 3.8) is 0 Å². The van der Waals surface area contributed by atoms with Gasteiger partial charge >= 0.3 is 0 Å². The molecule has 3 rings (SSSR count). The summed E-state index contributed by atoms with van der Waals surface area (Å²) in [6.45, 7) is 1.33. The van der Waals surface area contributed by atoms with Crippen molar-refractivity contribution in [3.05, 3.63) is 48.3 Å². The minimum absolute atomic E-state index is 0.0308. The zero-order valence-electron chi connectivity index (χ0n) is 17.7. The summed E-state index contributed by atoms with van der Waals surface area (Å²) in [4.78, 5) is 31.2. The van der Waals surface area contributed by atoms with Gasteiger partial charge < -0.3 is 15.5 Å². The molecule has 2 aromatic rings. The summed E-state index contributed by atoms with van der Waals surface area (Å²) in [5, 5.41) is 5.25. The molecule has 2 amide bonds. The second-order valence-electron chi connectivity index (χ2n) is 7.49. The maximum atomic E-state index is 13.0. The molecule has 166 valence electrons. The van der Waals surface area contributed by atoms with Gasteiger partial charge in [0.05, 0.1) is 28.9 Å². The summed E-state index contributed by atoms with van der Waals surface area (Å²) >= 11 is 0. The molecule has 0 aliphatic carbocycles. The third kappa shape index (κ3) is 5.59. The molecule has 0 atom stereocenters. The molecule has 31 heavy (non-hydrogen) atoms. The first kappa shape index (κ1) is 22.7. The van der Waals surface area contributed by atoms with Crippen LogP contribution in [0.25, 0.3) is 0 Å². The third-order valence-corrected chi connectivity index (χ3v) is 6.85. The summed E-state index contributed by atoms with van der Waals surface area (Å²) in [6, 6.07) is 7.96. The molecule has 0 spiro atoms. The van der Waals surface area contributed by atoms with E-state index in [2.05, 4.69) is 20.5 Å². The minimum atomic E-state index is -3.70. The lowest BCUT2D eigenvalue weighted by molar-refractivity contribution is -0.115. The van der Waals surface area contributed by atoms with Crippen molar-refractivity contribution in [1.82, 2.24) is 14.6 Å². The Morgan fingerprint density at radius 3 is 2.52 bits per heavy atom. The van der Waals surface area contributed by atoms with Gasteiger partial charge in [0.2, 0.25) is 15.9 Å². The van der Waals surface area contributed by atoms with Crippen LogP contribution in [0.2, 0.25) is 0 Å². The van der Waals surface area contributed by atoms with Crippen LogP contribution < -0.4 is 15.5 Å². The molecule has 2 heterocycles. The fourth-order valence-electron chi connectivity index (χ4n) is 3.38. The Kier molecular flexibility index (Phi) is 7.24. The highest BCUT2D eigenvalue weighted by atomic mass is 32.2. The number of nitrogens with one attached hydrogen (secondary N) is 2. The van der Waals surface area contributed by atoms with Gasteiger partial charge in [-0.15, -0.1) is 0 Å². The number of hydrogen-bond donors (Lipinski definition) is 2. The van der Waals surface area contributed by atoms with Gasteiger partial charge in [-0.2, -0.15) is 0 Å². The third-order valence-electron chi connectivity index (χ3n) is 5.04. The molecule has 0 radical (unpaired) electrons. The highest BCUT2D eigenvalue weighted by Crippen LogP contribution is 2.27. The largest absolute Gasteiger partial charge is 0.371 e. The van der Waals surface area contributed by atoms with Crippen LogP contribution >= 0.6 is 0 Å². The number of hydrogen-bond acceptors (Lipinski definition) is 6. The molecule has 0 bridgehead atoms. The number of benzene rings is 1. The maximum absolute atomic E-state index is 13.0. The van der Waals surface area contributed by atoms with Gasteiger partial charge in [-0.25, -0.2) is 12.7 Å². The van der Waals surface area contributed by atoms with Gasteiger partial charge in [-0.3, -0.25) is 14.6 Å². The molecule has 1 aliphatic rings. The van der Waals surface area contributed by atoms with Gasteiger partial charge in [0.15, 0.2) is 0 Å². The maximum Gasteiger partial charge on any atom is 0.253 e. The summed E-state index contributed by atoms with van der Waals surface area (Å²) in [6.07, 6.45) is 6.23. The van der Waals surface area contributed by atoms with Crippen molar-refractivity contribution < 1.29 is 18.0 Å². The highest BCUT2D eigenvalue weighted by molar-refractivity contribution is 7.89. The average molecular weight is 446 g/mol. The minimum Gasteiger partial charge on any atom is -0.371 e. The normalized spacial score (nSPS) is 14.4. The first-order valence-corrected chi connectivity index (χ1v) is 11.5. The van der Waals surface area contributed by atoms with E-state index in [-0.39, 0.29) is 17.0 Å². The lowest BCUT2D eigenvalue weighted by Gasteiger charge is -2.30. The fourth-order valence-corrected chi connectivity index (χ4v) is 4.30. The van der Waals surface area contributed by atoms with Crippen LogP contribution in [-0.2, 0) is 14.8 Å². The van der Waals surface area contributed by atoms with Crippen LogP contribution in [0.4, 0.5) is 11.4 Å². The Morgan fingerprint density at radius 1 is 1.13 bits per heavy atom. The topological polar surface area (TPSA) is 112 Å². The first-order chi connectivity index (χ1) is 14.8. The number of carbonyl (C=O) groups is 2. The fraction of sp³-hybridized carbons (Fsp3) is 0.381. The molecule has 10 heteroatoms. The monoisotopic (exact) mass is 445 g/mol. The number of nitrogens with zero attached hydrogens (tertiary/aromatic N) is 3. The number of anilines is 2. The molecule has 1 aliphatic heterocycles. The predicted octanol–water partition coefficient (Wildman–Crippen LogP) is 1.69.